The van der Waals surface area contributed by atoms with Crippen molar-refractivity contribution in [1.29, 1.82) is 0 Å². The molecule has 0 saturated carbocycles. The number of aryl methyl sites for hydroxylation is 1. The molecule has 1 N–H and O–H groups in total. The first-order chi connectivity index (χ1) is 7.86. The summed E-state index contributed by atoms with van der Waals surface area (Å²) in [4.78, 5) is 38.3. The van der Waals surface area contributed by atoms with Gasteiger partial charge in [-0.1, -0.05) is 0 Å². The maximum absolute atomic E-state index is 11.4. The molecule has 2 rings (SSSR count). The van der Waals surface area contributed by atoms with Crippen LogP contribution in [-0.4, -0.2) is 25.1 Å². The topological polar surface area (TPSA) is 113 Å². The molecule has 18 heavy (non-hydrogen) atoms. The van der Waals surface area contributed by atoms with Gasteiger partial charge in [0.15, 0.2) is 5.65 Å². The zero-order valence-corrected chi connectivity index (χ0v) is 12.6. The van der Waals surface area contributed by atoms with Crippen LogP contribution in [0.25, 0.3) is 11.2 Å². The number of carboxylic acids is 1. The molecule has 2 aromatic rings. The summed E-state index contributed by atoms with van der Waals surface area (Å²) in [6.07, 6.45) is 1.39. The second-order valence-electron chi connectivity index (χ2n) is 3.30. The van der Waals surface area contributed by atoms with E-state index in [1.54, 1.807) is 7.05 Å². The summed E-state index contributed by atoms with van der Waals surface area (Å²) >= 11 is 0. The zero-order valence-electron chi connectivity index (χ0n) is 10.6. The first kappa shape index (κ1) is 16.6. The summed E-state index contributed by atoms with van der Waals surface area (Å²) in [5.74, 6) is -1.08. The van der Waals surface area contributed by atoms with Crippen LogP contribution in [0.4, 0.5) is 0 Å². The smallest absolute Gasteiger partial charge is 0.550 e. The van der Waals surface area contributed by atoms with Crippen LogP contribution in [0.1, 0.15) is 6.92 Å². The number of aromatic nitrogens is 4. The Morgan fingerprint density at radius 2 is 1.83 bits per heavy atom. The summed E-state index contributed by atoms with van der Waals surface area (Å²) in [7, 11) is 3.01. The number of H-pyrrole nitrogens is 1. The van der Waals surface area contributed by atoms with Gasteiger partial charge in [-0.05, 0) is 6.92 Å². The second kappa shape index (κ2) is 6.53. The van der Waals surface area contributed by atoms with Gasteiger partial charge in [-0.25, -0.2) is 9.78 Å². The Hall–Kier alpha value is -1.38. The molecule has 2 heterocycles. The number of fused-ring (bicyclic) bond motifs is 1. The van der Waals surface area contributed by atoms with Gasteiger partial charge < -0.3 is 14.9 Å². The third kappa shape index (κ3) is 3.31. The van der Waals surface area contributed by atoms with Crippen molar-refractivity contribution in [2.75, 3.05) is 0 Å². The minimum Gasteiger partial charge on any atom is -0.550 e. The van der Waals surface area contributed by atoms with E-state index in [1.165, 1.54) is 17.9 Å². The number of aromatic amines is 1. The van der Waals surface area contributed by atoms with Crippen LogP contribution < -0.4 is 45.9 Å². The number of nitrogens with one attached hydrogen (secondary N) is 1. The van der Waals surface area contributed by atoms with Gasteiger partial charge in [0.2, 0.25) is 0 Å². The molecule has 0 saturated heterocycles. The van der Waals surface area contributed by atoms with Crippen LogP contribution in [0, 0.1) is 0 Å². The molecule has 0 aliphatic heterocycles. The van der Waals surface area contributed by atoms with Crippen molar-refractivity contribution in [2.45, 2.75) is 6.92 Å². The van der Waals surface area contributed by atoms with E-state index in [2.05, 4.69) is 9.97 Å². The number of hydrogen-bond donors (Lipinski definition) is 1. The Morgan fingerprint density at radius 3 is 2.33 bits per heavy atom. The molecule has 0 spiro atoms. The average Bonchev–Trinajstić information content (AvgIpc) is 2.71. The normalized spacial score (nSPS) is 9.28. The van der Waals surface area contributed by atoms with Gasteiger partial charge in [0, 0.05) is 20.1 Å². The van der Waals surface area contributed by atoms with Crippen molar-refractivity contribution in [3.05, 3.63) is 27.2 Å². The Balaban J connectivity index is 0.000000512. The van der Waals surface area contributed by atoms with Crippen LogP contribution in [0.2, 0.25) is 0 Å². The van der Waals surface area contributed by atoms with Gasteiger partial charge in [-0.15, -0.1) is 0 Å². The van der Waals surface area contributed by atoms with E-state index in [1.807, 2.05) is 0 Å². The zero-order chi connectivity index (χ0) is 13.2. The molecule has 2 aromatic heterocycles. The van der Waals surface area contributed by atoms with Crippen molar-refractivity contribution in [1.82, 2.24) is 19.1 Å². The molecule has 0 bridgehead atoms. The monoisotopic (exact) mass is 262 g/mol. The average molecular weight is 262 g/mol. The van der Waals surface area contributed by atoms with E-state index < -0.39 is 5.97 Å². The Bertz CT molecular complexity index is 665. The quantitative estimate of drug-likeness (QED) is 0.476. The number of imidazole rings is 1. The largest absolute Gasteiger partial charge is 1.00 e. The summed E-state index contributed by atoms with van der Waals surface area (Å²) < 4.78 is 2.37. The van der Waals surface area contributed by atoms with Gasteiger partial charge in [0.1, 0.15) is 5.52 Å². The fourth-order valence-corrected chi connectivity index (χ4v) is 1.27. The molecule has 0 fully saturated rings. The summed E-state index contributed by atoms with van der Waals surface area (Å²) in [6, 6.07) is 0. The maximum Gasteiger partial charge on any atom is 1.00 e. The first-order valence-electron chi connectivity index (χ1n) is 4.63. The predicted molar refractivity (Wildman–Crippen MR) is 57.3 cm³/mol. The standard InChI is InChI=1S/C7H8N4O2.C2H4O2.Na/c1-10-5-4(8-3-9-5)6(12)11(2)7(10)13;1-2(3)4;/h3H,1-2H3,(H,8,9);1H3,(H,3,4);/q;;+1/p-1. The summed E-state index contributed by atoms with van der Waals surface area (Å²) in [6.45, 7) is 0.972. The number of nitrogens with zero attached hydrogens (tertiary/aromatic N) is 3. The molecule has 0 aliphatic rings. The molecule has 0 unspecified atom stereocenters. The summed E-state index contributed by atoms with van der Waals surface area (Å²) in [5.41, 5.74) is 0.0119. The van der Waals surface area contributed by atoms with Crippen molar-refractivity contribution < 1.29 is 39.5 Å². The van der Waals surface area contributed by atoms with Crippen LogP contribution in [-0.2, 0) is 18.9 Å². The van der Waals surface area contributed by atoms with Gasteiger partial charge in [0.05, 0.1) is 6.33 Å². The predicted octanol–water partition coefficient (Wildman–Crippen LogP) is -5.28. The van der Waals surface area contributed by atoms with E-state index in [9.17, 15) is 9.59 Å². The molecule has 8 nitrogen and oxygen atoms in total. The van der Waals surface area contributed by atoms with Gasteiger partial charge in [-0.3, -0.25) is 13.9 Å². The van der Waals surface area contributed by atoms with Crippen LogP contribution >= 0.6 is 0 Å². The van der Waals surface area contributed by atoms with Crippen molar-refractivity contribution >= 4 is 17.1 Å². The molecule has 0 radical (unpaired) electrons. The van der Waals surface area contributed by atoms with Gasteiger partial charge in [-0.2, -0.15) is 0 Å². The minimum atomic E-state index is -1.08. The number of aliphatic carboxylic acids is 1. The number of rotatable bonds is 0. The van der Waals surface area contributed by atoms with E-state index in [0.717, 1.165) is 11.5 Å². The molecule has 0 aliphatic carbocycles. The Kier molecular flexibility index (Phi) is 6.02. The molecule has 9 heteroatoms. The first-order valence-corrected chi connectivity index (χ1v) is 4.63. The fraction of sp³-hybridized carbons (Fsp3) is 0.333. The minimum absolute atomic E-state index is 0. The van der Waals surface area contributed by atoms with E-state index in [4.69, 9.17) is 9.90 Å². The van der Waals surface area contributed by atoms with Gasteiger partial charge in [0.25, 0.3) is 5.56 Å². The van der Waals surface area contributed by atoms with E-state index >= 15 is 0 Å². The number of hydrogen-bond acceptors (Lipinski definition) is 5. The molecular weight excluding hydrogens is 251 g/mol. The maximum atomic E-state index is 11.4. The Labute approximate surface area is 124 Å². The third-order valence-corrected chi connectivity index (χ3v) is 2.03. The van der Waals surface area contributed by atoms with Gasteiger partial charge >= 0.3 is 35.2 Å². The van der Waals surface area contributed by atoms with Crippen molar-refractivity contribution in [3.63, 3.8) is 0 Å². The van der Waals surface area contributed by atoms with Crippen LogP contribution in [0.5, 0.6) is 0 Å². The molecule has 0 amide bonds. The molecular formula is C9H11N4NaO4. The molecule has 0 aromatic carbocycles. The molecule has 92 valence electrons. The third-order valence-electron chi connectivity index (χ3n) is 2.03. The van der Waals surface area contributed by atoms with Crippen LogP contribution in [0.3, 0.4) is 0 Å². The molecule has 0 atom stereocenters. The van der Waals surface area contributed by atoms with Crippen molar-refractivity contribution in [2.24, 2.45) is 14.1 Å². The number of carboxylic acid groups (broad SMARTS) is 1. The Morgan fingerprint density at radius 1 is 1.33 bits per heavy atom. The fourth-order valence-electron chi connectivity index (χ4n) is 1.27. The summed E-state index contributed by atoms with van der Waals surface area (Å²) in [5, 5.41) is 8.89. The van der Waals surface area contributed by atoms with E-state index in [-0.39, 0.29) is 40.8 Å². The number of carbonyl (C=O) groups excluding carboxylic acids is 1. The number of carbonyl (C=O) groups is 1. The second-order valence-corrected chi connectivity index (χ2v) is 3.30. The van der Waals surface area contributed by atoms with Crippen LogP contribution in [0.15, 0.2) is 15.9 Å². The SMILES string of the molecule is CC(=O)[O-].Cn1c(=O)c2[nH]cnc2n(C)c1=O.[Na+]. The van der Waals surface area contributed by atoms with Crippen molar-refractivity contribution in [3.8, 4) is 0 Å². The van der Waals surface area contributed by atoms with E-state index in [0.29, 0.717) is 11.2 Å².